The Morgan fingerprint density at radius 2 is 2.14 bits per heavy atom. The largest absolute Gasteiger partial charge is 0.367 e. The average molecular weight is 442 g/mol. The highest BCUT2D eigenvalue weighted by molar-refractivity contribution is 9.10. The van der Waals surface area contributed by atoms with Crippen LogP contribution in [0.3, 0.4) is 0 Å². The van der Waals surface area contributed by atoms with Gasteiger partial charge in [0.15, 0.2) is 0 Å². The molecule has 2 atom stereocenters. The minimum absolute atomic E-state index is 0.0207. The zero-order valence-electron chi connectivity index (χ0n) is 15.4. The summed E-state index contributed by atoms with van der Waals surface area (Å²) in [5.41, 5.74) is 1.68. The van der Waals surface area contributed by atoms with Crippen LogP contribution in [0.1, 0.15) is 34.2 Å². The van der Waals surface area contributed by atoms with E-state index in [0.29, 0.717) is 29.9 Å². The lowest BCUT2D eigenvalue weighted by Gasteiger charge is -2.37. The first kappa shape index (κ1) is 18.6. The maximum absolute atomic E-state index is 12.8. The molecule has 0 bridgehead atoms. The van der Waals surface area contributed by atoms with Crippen molar-refractivity contribution in [3.63, 3.8) is 0 Å². The highest BCUT2D eigenvalue weighted by Crippen LogP contribution is 2.22. The van der Waals surface area contributed by atoms with Gasteiger partial charge in [-0.3, -0.25) is 14.6 Å². The number of rotatable bonds is 3. The topological polar surface area (TPSA) is 91.0 Å². The van der Waals surface area contributed by atoms with Crippen LogP contribution in [0.25, 0.3) is 10.9 Å². The van der Waals surface area contributed by atoms with Gasteiger partial charge in [-0.15, -0.1) is 0 Å². The molecule has 2 N–H and O–H groups in total. The van der Waals surface area contributed by atoms with Crippen molar-refractivity contribution in [3.05, 3.63) is 58.7 Å². The number of likely N-dealkylation sites (tertiary alicyclic amines) is 1. The number of amides is 2. The highest BCUT2D eigenvalue weighted by Gasteiger charge is 2.31. The van der Waals surface area contributed by atoms with Crippen LogP contribution in [0.15, 0.2) is 47.5 Å². The number of piperidine rings is 1. The van der Waals surface area contributed by atoms with Gasteiger partial charge < -0.3 is 15.2 Å². The second-order valence-corrected chi connectivity index (χ2v) is 7.94. The summed E-state index contributed by atoms with van der Waals surface area (Å²) < 4.78 is 0.744. The molecule has 144 valence electrons. The lowest BCUT2D eigenvalue weighted by Crippen LogP contribution is -2.53. The molecule has 7 nitrogen and oxygen atoms in total. The Kier molecular flexibility index (Phi) is 5.13. The quantitative estimate of drug-likeness (QED) is 0.653. The number of fused-ring (bicyclic) bond motifs is 1. The third-order valence-electron chi connectivity index (χ3n) is 5.19. The Bertz CT molecular complexity index is 1020. The normalized spacial score (nSPS) is 19.6. The first-order valence-corrected chi connectivity index (χ1v) is 9.95. The van der Waals surface area contributed by atoms with Crippen molar-refractivity contribution in [1.82, 2.24) is 25.2 Å². The summed E-state index contributed by atoms with van der Waals surface area (Å²) in [4.78, 5) is 38.7. The molecule has 1 aliphatic rings. The number of nitrogens with zero attached hydrogens (tertiary/aromatic N) is 3. The van der Waals surface area contributed by atoms with E-state index in [1.54, 1.807) is 41.8 Å². The van der Waals surface area contributed by atoms with Gasteiger partial charge in [-0.25, -0.2) is 4.98 Å². The van der Waals surface area contributed by atoms with Gasteiger partial charge in [0.05, 0.1) is 15.6 Å². The smallest absolute Gasteiger partial charge is 0.270 e. The van der Waals surface area contributed by atoms with Crippen LogP contribution in [-0.2, 0) is 0 Å². The molecule has 1 aliphatic heterocycles. The van der Waals surface area contributed by atoms with E-state index in [9.17, 15) is 9.59 Å². The molecule has 0 aliphatic carbocycles. The van der Waals surface area contributed by atoms with Crippen LogP contribution >= 0.6 is 15.9 Å². The van der Waals surface area contributed by atoms with Crippen molar-refractivity contribution in [2.24, 2.45) is 5.92 Å². The van der Waals surface area contributed by atoms with E-state index in [2.05, 4.69) is 43.1 Å². The fourth-order valence-corrected chi connectivity index (χ4v) is 3.90. The van der Waals surface area contributed by atoms with Gasteiger partial charge in [-0.1, -0.05) is 6.92 Å². The second-order valence-electron chi connectivity index (χ2n) is 7.09. The molecule has 0 aromatic carbocycles. The molecule has 3 aromatic heterocycles. The van der Waals surface area contributed by atoms with Gasteiger partial charge >= 0.3 is 0 Å². The van der Waals surface area contributed by atoms with Gasteiger partial charge in [-0.2, -0.15) is 0 Å². The zero-order chi connectivity index (χ0) is 19.7. The Hall–Kier alpha value is -2.74. The number of nitrogens with one attached hydrogen (secondary N) is 2. The van der Waals surface area contributed by atoms with Gasteiger partial charge in [-0.05, 0) is 46.5 Å². The van der Waals surface area contributed by atoms with Crippen molar-refractivity contribution >= 4 is 38.6 Å². The number of halogens is 1. The SMILES string of the molecule is CC1CCN(C(=O)c2cc[nH]c2)CC1NC(=O)c1ccc2cncc(Br)c2n1. The first-order chi connectivity index (χ1) is 13.5. The fourth-order valence-electron chi connectivity index (χ4n) is 3.46. The third-order valence-corrected chi connectivity index (χ3v) is 5.77. The predicted octanol–water partition coefficient (Wildman–Crippen LogP) is 3.00. The maximum Gasteiger partial charge on any atom is 0.270 e. The van der Waals surface area contributed by atoms with Gasteiger partial charge in [0.1, 0.15) is 5.69 Å². The number of carbonyl (C=O) groups is 2. The molecule has 0 spiro atoms. The van der Waals surface area contributed by atoms with Gasteiger partial charge in [0.25, 0.3) is 11.8 Å². The van der Waals surface area contributed by atoms with Crippen molar-refractivity contribution in [3.8, 4) is 0 Å². The molecule has 0 radical (unpaired) electrons. The Morgan fingerprint density at radius 1 is 1.29 bits per heavy atom. The van der Waals surface area contributed by atoms with E-state index in [-0.39, 0.29) is 23.8 Å². The van der Waals surface area contributed by atoms with Crippen molar-refractivity contribution in [2.45, 2.75) is 19.4 Å². The number of H-pyrrole nitrogens is 1. The summed E-state index contributed by atoms with van der Waals surface area (Å²) in [5.74, 6) is 0.0154. The number of hydrogen-bond donors (Lipinski definition) is 2. The van der Waals surface area contributed by atoms with Crippen LogP contribution in [0.4, 0.5) is 0 Å². The summed E-state index contributed by atoms with van der Waals surface area (Å²) in [5, 5.41) is 3.93. The van der Waals surface area contributed by atoms with Crippen LogP contribution in [0.5, 0.6) is 0 Å². The van der Waals surface area contributed by atoms with Crippen LogP contribution in [-0.4, -0.2) is 50.8 Å². The van der Waals surface area contributed by atoms with Crippen molar-refractivity contribution in [2.75, 3.05) is 13.1 Å². The van der Waals surface area contributed by atoms with Gasteiger partial charge in [0.2, 0.25) is 0 Å². The number of carbonyl (C=O) groups excluding carboxylic acids is 2. The number of aromatic nitrogens is 3. The first-order valence-electron chi connectivity index (χ1n) is 9.16. The van der Waals surface area contributed by atoms with E-state index in [1.807, 2.05) is 6.07 Å². The number of hydrogen-bond acceptors (Lipinski definition) is 4. The Morgan fingerprint density at radius 3 is 2.93 bits per heavy atom. The summed E-state index contributed by atoms with van der Waals surface area (Å²) in [7, 11) is 0. The maximum atomic E-state index is 12.8. The molecule has 2 unspecified atom stereocenters. The third kappa shape index (κ3) is 3.64. The van der Waals surface area contributed by atoms with Crippen LogP contribution in [0, 0.1) is 5.92 Å². The second kappa shape index (κ2) is 7.71. The molecular formula is C20H20BrN5O2. The van der Waals surface area contributed by atoms with E-state index < -0.39 is 0 Å². The molecular weight excluding hydrogens is 422 g/mol. The van der Waals surface area contributed by atoms with Gasteiger partial charge in [0, 0.05) is 49.3 Å². The number of aromatic amines is 1. The van der Waals surface area contributed by atoms with Crippen LogP contribution < -0.4 is 5.32 Å². The molecule has 1 fully saturated rings. The summed E-state index contributed by atoms with van der Waals surface area (Å²) in [6, 6.07) is 5.17. The molecule has 28 heavy (non-hydrogen) atoms. The summed E-state index contributed by atoms with van der Waals surface area (Å²) in [6.45, 7) is 3.27. The summed E-state index contributed by atoms with van der Waals surface area (Å²) in [6.07, 6.45) is 7.63. The van der Waals surface area contributed by atoms with Crippen LogP contribution in [0.2, 0.25) is 0 Å². The molecule has 4 heterocycles. The fraction of sp³-hybridized carbons (Fsp3) is 0.300. The lowest BCUT2D eigenvalue weighted by molar-refractivity contribution is 0.0624. The Labute approximate surface area is 170 Å². The van der Waals surface area contributed by atoms with Crippen molar-refractivity contribution < 1.29 is 9.59 Å². The molecule has 0 saturated carbocycles. The molecule has 1 saturated heterocycles. The summed E-state index contributed by atoms with van der Waals surface area (Å²) >= 11 is 3.43. The Balaban J connectivity index is 1.50. The molecule has 3 aromatic rings. The minimum Gasteiger partial charge on any atom is -0.367 e. The molecule has 2 amide bonds. The standard InChI is InChI=1S/C20H20BrN5O2/c1-12-5-7-26(20(28)14-4-6-22-9-14)11-17(12)25-19(27)16-3-2-13-8-23-10-15(21)18(13)24-16/h2-4,6,8-10,12,17,22H,5,7,11H2,1H3,(H,25,27). The van der Waals surface area contributed by atoms with E-state index in [4.69, 9.17) is 0 Å². The zero-order valence-corrected chi connectivity index (χ0v) is 16.9. The van der Waals surface area contributed by atoms with E-state index in [1.165, 1.54) is 0 Å². The predicted molar refractivity (Wildman–Crippen MR) is 109 cm³/mol. The minimum atomic E-state index is -0.238. The van der Waals surface area contributed by atoms with E-state index in [0.717, 1.165) is 16.3 Å². The molecule has 8 heteroatoms. The van der Waals surface area contributed by atoms with E-state index >= 15 is 0 Å². The van der Waals surface area contributed by atoms with Crippen molar-refractivity contribution in [1.29, 1.82) is 0 Å². The lowest BCUT2D eigenvalue weighted by atomic mass is 9.93. The molecule has 4 rings (SSSR count). The monoisotopic (exact) mass is 441 g/mol. The number of pyridine rings is 2. The average Bonchev–Trinajstić information content (AvgIpc) is 3.24. The highest BCUT2D eigenvalue weighted by atomic mass is 79.9.